The van der Waals surface area contributed by atoms with Crippen molar-refractivity contribution in [2.24, 2.45) is 0 Å². The highest BCUT2D eigenvalue weighted by molar-refractivity contribution is 6.24. The van der Waals surface area contributed by atoms with E-state index in [1.807, 2.05) is 30.3 Å². The summed E-state index contributed by atoms with van der Waals surface area (Å²) in [5, 5.41) is 7.74. The second-order valence-corrected chi connectivity index (χ2v) is 17.7. The monoisotopic (exact) mass is 819 g/mol. The van der Waals surface area contributed by atoms with Gasteiger partial charge in [0.2, 0.25) is 0 Å². The van der Waals surface area contributed by atoms with Crippen molar-refractivity contribution in [1.82, 2.24) is 14.5 Å². The van der Waals surface area contributed by atoms with E-state index in [1.54, 1.807) is 0 Å². The van der Waals surface area contributed by atoms with Crippen LogP contribution in [0.1, 0.15) is 25.0 Å². The first-order chi connectivity index (χ1) is 31.5. The molecule has 0 bridgehead atoms. The quantitative estimate of drug-likeness (QED) is 0.177. The molecule has 0 unspecified atom stereocenters. The van der Waals surface area contributed by atoms with Gasteiger partial charge < -0.3 is 13.4 Å². The van der Waals surface area contributed by atoms with Crippen LogP contribution in [0.5, 0.6) is 0 Å². The molecule has 300 valence electrons. The SMILES string of the molecule is CC1(C)c2cc(-c3nc(-c4ccccc4)c4ccccc4n3)ccc2-c2ccc(-n3c4ccc(-c5cccc6c5oc5ccccc56)cc4c4c5oc6ccccc6c5ccc43)cc21. The molecule has 0 N–H and O–H groups in total. The summed E-state index contributed by atoms with van der Waals surface area (Å²) in [5.41, 5.74) is 17.8. The molecule has 14 rings (SSSR count). The standard InChI is InChI=1S/C59H37N3O2/c1-59(2)47-32-36(58-60-49-20-9-6-17-45(49)55(61-58)34-13-4-3-5-14-34)23-26-39(47)40-27-25-37(33-48(40)59)62-50-29-24-35(38-18-12-19-43-41-15-7-10-21-52(41)63-56(38)43)31-46(50)54-51(62)30-28-44-42-16-8-11-22-53(42)64-57(44)54/h3-33H,1-2H3. The van der Waals surface area contributed by atoms with Gasteiger partial charge in [0.25, 0.3) is 0 Å². The van der Waals surface area contributed by atoms with Gasteiger partial charge in [-0.05, 0) is 88.5 Å². The lowest BCUT2D eigenvalue weighted by Crippen LogP contribution is -2.15. The van der Waals surface area contributed by atoms with Crippen LogP contribution in [0.15, 0.2) is 197 Å². The largest absolute Gasteiger partial charge is 0.455 e. The zero-order valence-corrected chi connectivity index (χ0v) is 35.1. The molecule has 0 amide bonds. The van der Waals surface area contributed by atoms with E-state index in [0.29, 0.717) is 0 Å². The Morgan fingerprint density at radius 1 is 0.422 bits per heavy atom. The molecule has 1 aliphatic rings. The number of hydrogen-bond acceptors (Lipinski definition) is 4. The molecule has 0 spiro atoms. The summed E-state index contributed by atoms with van der Waals surface area (Å²) in [4.78, 5) is 10.3. The average Bonchev–Trinajstić information content (AvgIpc) is 4.07. The molecule has 0 atom stereocenters. The highest BCUT2D eigenvalue weighted by Crippen LogP contribution is 2.51. The van der Waals surface area contributed by atoms with Crippen molar-refractivity contribution in [3.05, 3.63) is 199 Å². The van der Waals surface area contributed by atoms with Gasteiger partial charge in [0.1, 0.15) is 22.3 Å². The first-order valence-corrected chi connectivity index (χ1v) is 21.9. The summed E-state index contributed by atoms with van der Waals surface area (Å²) in [6, 6.07) is 66.9. The molecule has 0 saturated heterocycles. The van der Waals surface area contributed by atoms with E-state index in [1.165, 1.54) is 22.3 Å². The van der Waals surface area contributed by atoms with Crippen LogP contribution in [0.3, 0.4) is 0 Å². The molecule has 0 fully saturated rings. The van der Waals surface area contributed by atoms with Gasteiger partial charge in [-0.1, -0.05) is 141 Å². The van der Waals surface area contributed by atoms with E-state index >= 15 is 0 Å². The Kier molecular flexibility index (Phi) is 7.11. The van der Waals surface area contributed by atoms with Crippen molar-refractivity contribution in [2.75, 3.05) is 0 Å². The maximum absolute atomic E-state index is 6.79. The molecule has 1 aliphatic carbocycles. The Balaban J connectivity index is 0.945. The minimum atomic E-state index is -0.293. The molecule has 5 heteroatoms. The van der Waals surface area contributed by atoms with Crippen molar-refractivity contribution in [3.63, 3.8) is 0 Å². The molecule has 0 radical (unpaired) electrons. The van der Waals surface area contributed by atoms with Gasteiger partial charge >= 0.3 is 0 Å². The lowest BCUT2D eigenvalue weighted by molar-refractivity contribution is 0.660. The smallest absolute Gasteiger partial charge is 0.160 e. The van der Waals surface area contributed by atoms with Crippen molar-refractivity contribution >= 4 is 76.6 Å². The summed E-state index contributed by atoms with van der Waals surface area (Å²) in [6.07, 6.45) is 0. The molecule has 4 aromatic heterocycles. The van der Waals surface area contributed by atoms with E-state index < -0.39 is 0 Å². The van der Waals surface area contributed by atoms with Gasteiger partial charge in [0.05, 0.1) is 27.6 Å². The fraction of sp³-hybridized carbons (Fsp3) is 0.0508. The molecule has 4 heterocycles. The van der Waals surface area contributed by atoms with Crippen molar-refractivity contribution in [2.45, 2.75) is 19.3 Å². The summed E-state index contributed by atoms with van der Waals surface area (Å²) in [6.45, 7) is 4.69. The van der Waals surface area contributed by atoms with Gasteiger partial charge in [0.15, 0.2) is 5.82 Å². The summed E-state index contributed by atoms with van der Waals surface area (Å²) in [7, 11) is 0. The Labute approximate surface area is 367 Å². The third kappa shape index (κ3) is 4.89. The Morgan fingerprint density at radius 3 is 1.88 bits per heavy atom. The molecule has 0 aliphatic heterocycles. The van der Waals surface area contributed by atoms with Crippen LogP contribution in [-0.2, 0) is 5.41 Å². The van der Waals surface area contributed by atoms with Crippen molar-refractivity contribution < 1.29 is 8.83 Å². The second-order valence-electron chi connectivity index (χ2n) is 17.7. The average molecular weight is 820 g/mol. The maximum atomic E-state index is 6.79. The van der Waals surface area contributed by atoms with Crippen molar-refractivity contribution in [3.8, 4) is 50.6 Å². The Bertz CT molecular complexity index is 4110. The second kappa shape index (κ2) is 12.9. The van der Waals surface area contributed by atoms with Crippen LogP contribution in [0.2, 0.25) is 0 Å². The predicted molar refractivity (Wildman–Crippen MR) is 262 cm³/mol. The van der Waals surface area contributed by atoms with Gasteiger partial charge in [0, 0.05) is 60.1 Å². The minimum absolute atomic E-state index is 0.293. The fourth-order valence-corrected chi connectivity index (χ4v) is 10.7. The maximum Gasteiger partial charge on any atom is 0.160 e. The number of para-hydroxylation sites is 4. The van der Waals surface area contributed by atoms with Crippen LogP contribution in [-0.4, -0.2) is 14.5 Å². The number of benzene rings is 9. The highest BCUT2D eigenvalue weighted by atomic mass is 16.3. The van der Waals surface area contributed by atoms with Gasteiger partial charge in [-0.2, -0.15) is 0 Å². The van der Waals surface area contributed by atoms with E-state index in [2.05, 4.69) is 176 Å². The first-order valence-electron chi connectivity index (χ1n) is 21.9. The number of fused-ring (bicyclic) bond motifs is 14. The predicted octanol–water partition coefficient (Wildman–Crippen LogP) is 15.8. The molecule has 64 heavy (non-hydrogen) atoms. The van der Waals surface area contributed by atoms with Crippen LogP contribution < -0.4 is 0 Å². The normalized spacial score (nSPS) is 13.3. The van der Waals surface area contributed by atoms with E-state index in [4.69, 9.17) is 18.8 Å². The van der Waals surface area contributed by atoms with Crippen LogP contribution in [0, 0.1) is 0 Å². The van der Waals surface area contributed by atoms with Gasteiger partial charge in [-0.15, -0.1) is 0 Å². The van der Waals surface area contributed by atoms with E-state index in [0.717, 1.165) is 116 Å². The summed E-state index contributed by atoms with van der Waals surface area (Å²) >= 11 is 0. The van der Waals surface area contributed by atoms with Gasteiger partial charge in [-0.3, -0.25) is 0 Å². The number of aromatic nitrogens is 3. The first kappa shape index (κ1) is 35.3. The minimum Gasteiger partial charge on any atom is -0.455 e. The lowest BCUT2D eigenvalue weighted by Gasteiger charge is -2.23. The van der Waals surface area contributed by atoms with Crippen LogP contribution >= 0.6 is 0 Å². The summed E-state index contributed by atoms with van der Waals surface area (Å²) in [5.74, 6) is 0.728. The van der Waals surface area contributed by atoms with Crippen LogP contribution in [0.25, 0.3) is 127 Å². The zero-order chi connectivity index (χ0) is 42.3. The number of hydrogen-bond donors (Lipinski definition) is 0. The zero-order valence-electron chi connectivity index (χ0n) is 35.1. The molecule has 13 aromatic rings. The third-order valence-electron chi connectivity index (χ3n) is 13.8. The topological polar surface area (TPSA) is 57.0 Å². The number of rotatable bonds is 4. The van der Waals surface area contributed by atoms with E-state index in [-0.39, 0.29) is 5.41 Å². The van der Waals surface area contributed by atoms with Gasteiger partial charge in [-0.25, -0.2) is 9.97 Å². The molecular weight excluding hydrogens is 783 g/mol. The van der Waals surface area contributed by atoms with Crippen LogP contribution in [0.4, 0.5) is 0 Å². The number of nitrogens with zero attached hydrogens (tertiary/aromatic N) is 3. The van der Waals surface area contributed by atoms with E-state index in [9.17, 15) is 0 Å². The summed E-state index contributed by atoms with van der Waals surface area (Å²) < 4.78 is 15.8. The Hall–Kier alpha value is -8.28. The van der Waals surface area contributed by atoms with Crippen molar-refractivity contribution in [1.29, 1.82) is 0 Å². The molecular formula is C59H37N3O2. The lowest BCUT2D eigenvalue weighted by atomic mass is 9.81. The Morgan fingerprint density at radius 2 is 1.06 bits per heavy atom. The fourth-order valence-electron chi connectivity index (χ4n) is 10.7. The highest BCUT2D eigenvalue weighted by Gasteiger charge is 2.36. The molecule has 9 aromatic carbocycles. The number of furan rings is 2. The third-order valence-corrected chi connectivity index (χ3v) is 13.8. The molecule has 0 saturated carbocycles. The molecule has 5 nitrogen and oxygen atoms in total.